The Morgan fingerprint density at radius 2 is 1.62 bits per heavy atom. The van der Waals surface area contributed by atoms with Gasteiger partial charge in [-0.1, -0.05) is 12.8 Å². The maximum Gasteiger partial charge on any atom is 0.417 e. The number of urea groups is 1. The van der Waals surface area contributed by atoms with Crippen molar-refractivity contribution in [2.24, 2.45) is 0 Å². The average molecular weight is 474 g/mol. The molecular formula is C24H22F4N4O2. The van der Waals surface area contributed by atoms with Gasteiger partial charge in [-0.3, -0.25) is 14.6 Å². The summed E-state index contributed by atoms with van der Waals surface area (Å²) in [6.45, 7) is 1.30. The lowest BCUT2D eigenvalue weighted by Crippen LogP contribution is -2.40. The van der Waals surface area contributed by atoms with Gasteiger partial charge in [0.05, 0.1) is 35.0 Å². The van der Waals surface area contributed by atoms with Gasteiger partial charge in [0.15, 0.2) is 0 Å². The molecule has 1 saturated heterocycles. The molecule has 2 fully saturated rings. The molecule has 3 amide bonds. The summed E-state index contributed by atoms with van der Waals surface area (Å²) >= 11 is 0. The number of nitrogens with zero attached hydrogens (tertiary/aromatic N) is 4. The highest BCUT2D eigenvalue weighted by Crippen LogP contribution is 2.42. The standard InChI is InChI=1S/C24H22F4N4O2/c1-14(33)30(2)20-10-9-17(12-19(20)25)32-22-6-4-3-5-21(22)31(23(32)34)16-8-7-15(13-29)18(11-16)24(26,27)28/h7-12,21-22H,3-6H2,1-2H3/t21-,22-/m0/s1. The van der Waals surface area contributed by atoms with Crippen molar-refractivity contribution in [3.8, 4) is 6.07 Å². The van der Waals surface area contributed by atoms with Crippen LogP contribution in [0.4, 0.5) is 39.4 Å². The van der Waals surface area contributed by atoms with Crippen molar-refractivity contribution in [2.75, 3.05) is 21.7 Å². The molecule has 0 radical (unpaired) electrons. The van der Waals surface area contributed by atoms with E-state index in [1.54, 1.807) is 6.07 Å². The van der Waals surface area contributed by atoms with Crippen LogP contribution >= 0.6 is 0 Å². The van der Waals surface area contributed by atoms with Crippen LogP contribution in [0.5, 0.6) is 0 Å². The average Bonchev–Trinajstić information content (AvgIpc) is 3.09. The Morgan fingerprint density at radius 3 is 2.12 bits per heavy atom. The maximum atomic E-state index is 14.9. The topological polar surface area (TPSA) is 67.7 Å². The van der Waals surface area contributed by atoms with Crippen molar-refractivity contribution >= 4 is 29.0 Å². The minimum Gasteiger partial charge on any atom is -0.313 e. The Kier molecular flexibility index (Phi) is 5.98. The number of rotatable bonds is 3. The van der Waals surface area contributed by atoms with E-state index in [0.717, 1.165) is 29.9 Å². The van der Waals surface area contributed by atoms with Crippen LogP contribution < -0.4 is 14.7 Å². The van der Waals surface area contributed by atoms with Gasteiger partial charge >= 0.3 is 12.2 Å². The summed E-state index contributed by atoms with van der Waals surface area (Å²) in [6.07, 6.45) is -1.92. The molecule has 6 nitrogen and oxygen atoms in total. The summed E-state index contributed by atoms with van der Waals surface area (Å²) in [5.41, 5.74) is -1.25. The van der Waals surface area contributed by atoms with Crippen LogP contribution in [0.2, 0.25) is 0 Å². The van der Waals surface area contributed by atoms with Crippen LogP contribution in [0, 0.1) is 17.1 Å². The molecule has 4 rings (SSSR count). The first-order valence-electron chi connectivity index (χ1n) is 10.8. The first kappa shape index (κ1) is 23.5. The summed E-state index contributed by atoms with van der Waals surface area (Å²) in [6, 6.07) is 7.60. The number of amides is 3. The van der Waals surface area contributed by atoms with Crippen molar-refractivity contribution in [1.82, 2.24) is 0 Å². The van der Waals surface area contributed by atoms with E-state index in [1.165, 1.54) is 48.0 Å². The molecule has 0 spiro atoms. The normalized spacial score (nSPS) is 20.2. The Bertz CT molecular complexity index is 1190. The molecule has 1 saturated carbocycles. The Hall–Kier alpha value is -3.61. The van der Waals surface area contributed by atoms with E-state index in [9.17, 15) is 27.2 Å². The van der Waals surface area contributed by atoms with E-state index >= 15 is 0 Å². The van der Waals surface area contributed by atoms with Crippen LogP contribution in [0.3, 0.4) is 0 Å². The summed E-state index contributed by atoms with van der Waals surface area (Å²) < 4.78 is 55.5. The first-order valence-corrected chi connectivity index (χ1v) is 10.8. The second-order valence-corrected chi connectivity index (χ2v) is 8.49. The number of anilines is 3. The molecule has 2 atom stereocenters. The number of carbonyl (C=O) groups is 2. The minimum atomic E-state index is -4.75. The Labute approximate surface area is 194 Å². The first-order chi connectivity index (χ1) is 16.0. The lowest BCUT2D eigenvalue weighted by Gasteiger charge is -2.32. The second-order valence-electron chi connectivity index (χ2n) is 8.49. The van der Waals surface area contributed by atoms with E-state index < -0.39 is 35.2 Å². The smallest absolute Gasteiger partial charge is 0.313 e. The summed E-state index contributed by atoms with van der Waals surface area (Å²) in [5, 5.41) is 9.09. The van der Waals surface area contributed by atoms with Crippen LogP contribution in [0.15, 0.2) is 36.4 Å². The molecule has 1 heterocycles. The van der Waals surface area contributed by atoms with Crippen molar-refractivity contribution in [2.45, 2.75) is 50.9 Å². The van der Waals surface area contributed by atoms with E-state index in [1.807, 2.05) is 0 Å². The van der Waals surface area contributed by atoms with Crippen LogP contribution in [0.1, 0.15) is 43.7 Å². The van der Waals surface area contributed by atoms with Crippen molar-refractivity contribution in [3.63, 3.8) is 0 Å². The predicted molar refractivity (Wildman–Crippen MR) is 118 cm³/mol. The molecule has 34 heavy (non-hydrogen) atoms. The number of benzene rings is 2. The Balaban J connectivity index is 1.76. The van der Waals surface area contributed by atoms with Gasteiger partial charge < -0.3 is 4.90 Å². The largest absolute Gasteiger partial charge is 0.417 e. The van der Waals surface area contributed by atoms with Crippen LogP contribution in [0.25, 0.3) is 0 Å². The molecule has 2 aromatic rings. The van der Waals surface area contributed by atoms with Crippen molar-refractivity contribution in [3.05, 3.63) is 53.3 Å². The molecule has 0 aromatic heterocycles. The van der Waals surface area contributed by atoms with E-state index in [0.29, 0.717) is 12.8 Å². The fourth-order valence-corrected chi connectivity index (χ4v) is 4.80. The predicted octanol–water partition coefficient (Wildman–Crippen LogP) is 5.46. The molecule has 1 aliphatic heterocycles. The van der Waals surface area contributed by atoms with Gasteiger partial charge in [0.25, 0.3) is 0 Å². The van der Waals surface area contributed by atoms with Gasteiger partial charge in [0.2, 0.25) is 5.91 Å². The monoisotopic (exact) mass is 474 g/mol. The minimum absolute atomic E-state index is 0.0455. The Morgan fingerprint density at radius 1 is 1.06 bits per heavy atom. The van der Waals surface area contributed by atoms with Gasteiger partial charge in [-0.15, -0.1) is 0 Å². The lowest BCUT2D eigenvalue weighted by atomic mass is 9.89. The SMILES string of the molecule is CC(=O)N(C)c1ccc(N2C(=O)N(c3ccc(C#N)c(C(F)(F)F)c3)[C@H]3CCCC[C@@H]32)cc1F. The molecule has 2 aliphatic rings. The van der Waals surface area contributed by atoms with E-state index in [-0.39, 0.29) is 29.0 Å². The molecule has 1 aliphatic carbocycles. The van der Waals surface area contributed by atoms with Gasteiger partial charge in [0, 0.05) is 25.3 Å². The third-order valence-electron chi connectivity index (χ3n) is 6.52. The van der Waals surface area contributed by atoms with Gasteiger partial charge in [-0.05, 0) is 49.2 Å². The zero-order chi connectivity index (χ0) is 24.8. The number of alkyl halides is 3. The molecule has 2 aromatic carbocycles. The maximum absolute atomic E-state index is 14.9. The molecular weight excluding hydrogens is 452 g/mol. The van der Waals surface area contributed by atoms with Gasteiger partial charge in [-0.2, -0.15) is 18.4 Å². The van der Waals surface area contributed by atoms with Crippen LogP contribution in [-0.2, 0) is 11.0 Å². The van der Waals surface area contributed by atoms with Gasteiger partial charge in [-0.25, -0.2) is 9.18 Å². The number of carbonyl (C=O) groups excluding carboxylic acids is 2. The lowest BCUT2D eigenvalue weighted by molar-refractivity contribution is -0.137. The zero-order valence-corrected chi connectivity index (χ0v) is 18.6. The number of halogens is 4. The van der Waals surface area contributed by atoms with Gasteiger partial charge in [0.1, 0.15) is 5.82 Å². The van der Waals surface area contributed by atoms with Crippen LogP contribution in [-0.4, -0.2) is 31.1 Å². The molecule has 0 bridgehead atoms. The van der Waals surface area contributed by atoms with Crippen molar-refractivity contribution < 1.29 is 27.2 Å². The number of fused-ring (bicyclic) bond motifs is 1. The molecule has 10 heteroatoms. The second kappa shape index (κ2) is 8.63. The number of nitriles is 1. The fraction of sp³-hybridized carbons (Fsp3) is 0.375. The van der Waals surface area contributed by atoms with E-state index in [2.05, 4.69) is 0 Å². The zero-order valence-electron chi connectivity index (χ0n) is 18.6. The molecule has 0 unspecified atom stereocenters. The third kappa shape index (κ3) is 3.95. The summed E-state index contributed by atoms with van der Waals surface area (Å²) in [7, 11) is 1.43. The third-order valence-corrected chi connectivity index (χ3v) is 6.52. The summed E-state index contributed by atoms with van der Waals surface area (Å²) in [4.78, 5) is 29.1. The highest BCUT2D eigenvalue weighted by molar-refractivity contribution is 6.08. The van der Waals surface area contributed by atoms with E-state index in [4.69, 9.17) is 5.26 Å². The number of hydrogen-bond acceptors (Lipinski definition) is 3. The molecule has 178 valence electrons. The summed E-state index contributed by atoms with van der Waals surface area (Å²) in [5.74, 6) is -1.05. The fourth-order valence-electron chi connectivity index (χ4n) is 4.80. The quantitative estimate of drug-likeness (QED) is 0.555. The molecule has 0 N–H and O–H groups in total. The highest BCUT2D eigenvalue weighted by Gasteiger charge is 2.48. The highest BCUT2D eigenvalue weighted by atomic mass is 19.4. The van der Waals surface area contributed by atoms with Crippen molar-refractivity contribution in [1.29, 1.82) is 5.26 Å². The number of hydrogen-bond donors (Lipinski definition) is 0.